The first-order chi connectivity index (χ1) is 6.64. The Labute approximate surface area is 86.8 Å². The van der Waals surface area contributed by atoms with Crippen molar-refractivity contribution >= 4 is 0 Å². The number of nitrogens with one attached hydrogen (secondary N) is 1. The molecule has 0 heterocycles. The normalized spacial score (nSPS) is 21.6. The molecule has 0 aliphatic heterocycles. The molecular weight excluding hydrogens is 178 g/mol. The summed E-state index contributed by atoms with van der Waals surface area (Å²) in [6, 6.07) is 0. The summed E-state index contributed by atoms with van der Waals surface area (Å²) in [4.78, 5) is 0. The van der Waals surface area contributed by atoms with Gasteiger partial charge in [-0.1, -0.05) is 19.3 Å². The van der Waals surface area contributed by atoms with Crippen LogP contribution in [0.4, 0.5) is 0 Å². The van der Waals surface area contributed by atoms with E-state index in [1.165, 1.54) is 19.3 Å². The van der Waals surface area contributed by atoms with Crippen molar-refractivity contribution in [2.75, 3.05) is 26.8 Å². The van der Waals surface area contributed by atoms with Crippen LogP contribution in [0.2, 0.25) is 0 Å². The summed E-state index contributed by atoms with van der Waals surface area (Å²) in [5.41, 5.74) is -0.543. The molecule has 2 N–H and O–H groups in total. The molecule has 1 aliphatic carbocycles. The summed E-state index contributed by atoms with van der Waals surface area (Å²) in [5, 5.41) is 13.3. The molecular formula is C11H23NO2. The molecule has 3 nitrogen and oxygen atoms in total. The van der Waals surface area contributed by atoms with E-state index in [4.69, 9.17) is 4.74 Å². The van der Waals surface area contributed by atoms with Crippen molar-refractivity contribution < 1.29 is 9.84 Å². The van der Waals surface area contributed by atoms with Gasteiger partial charge in [-0.05, 0) is 19.3 Å². The molecule has 0 aromatic carbocycles. The molecule has 0 bridgehead atoms. The zero-order valence-electron chi connectivity index (χ0n) is 9.38. The van der Waals surface area contributed by atoms with Crippen molar-refractivity contribution in [1.82, 2.24) is 5.32 Å². The van der Waals surface area contributed by atoms with Crippen LogP contribution < -0.4 is 5.32 Å². The summed E-state index contributed by atoms with van der Waals surface area (Å²) in [7, 11) is 1.69. The number of ether oxygens (including phenoxy) is 1. The van der Waals surface area contributed by atoms with Gasteiger partial charge in [0, 0.05) is 20.2 Å². The zero-order valence-corrected chi connectivity index (χ0v) is 9.38. The lowest BCUT2D eigenvalue weighted by Gasteiger charge is -2.33. The number of rotatable bonds is 7. The van der Waals surface area contributed by atoms with Crippen LogP contribution in [-0.4, -0.2) is 37.5 Å². The molecule has 1 unspecified atom stereocenters. The van der Waals surface area contributed by atoms with Crippen LogP contribution in [0.15, 0.2) is 0 Å². The van der Waals surface area contributed by atoms with Gasteiger partial charge in [0.05, 0.1) is 12.2 Å². The monoisotopic (exact) mass is 201 g/mol. The molecule has 0 aromatic heterocycles. The largest absolute Gasteiger partial charge is 0.389 e. The topological polar surface area (TPSA) is 41.5 Å². The predicted octanol–water partition coefficient (Wildman–Crippen LogP) is 1.16. The lowest BCUT2D eigenvalue weighted by Crippen LogP contribution is -2.41. The first-order valence-electron chi connectivity index (χ1n) is 5.56. The number of methoxy groups -OCH3 is 1. The highest BCUT2D eigenvalue weighted by Gasteiger charge is 2.28. The molecule has 1 rings (SSSR count). The Morgan fingerprint density at radius 1 is 1.50 bits per heavy atom. The van der Waals surface area contributed by atoms with Crippen molar-refractivity contribution in [2.45, 2.75) is 38.2 Å². The minimum atomic E-state index is -0.543. The minimum absolute atomic E-state index is 0.543. The quantitative estimate of drug-likeness (QED) is 0.607. The van der Waals surface area contributed by atoms with Crippen molar-refractivity contribution in [3.05, 3.63) is 0 Å². The summed E-state index contributed by atoms with van der Waals surface area (Å²) >= 11 is 0. The fraction of sp³-hybridized carbons (Fsp3) is 1.00. The second-order valence-corrected chi connectivity index (χ2v) is 4.67. The lowest BCUT2D eigenvalue weighted by atomic mass is 9.78. The molecule has 1 aliphatic rings. The Morgan fingerprint density at radius 3 is 2.71 bits per heavy atom. The molecule has 1 saturated carbocycles. The second kappa shape index (κ2) is 5.69. The van der Waals surface area contributed by atoms with E-state index in [1.807, 2.05) is 6.92 Å². The standard InChI is InChI=1S/C11H23NO2/c1-11(13,8-10-4-3-5-10)9-12-6-7-14-2/h10,12-13H,3-9H2,1-2H3. The molecule has 0 amide bonds. The van der Waals surface area contributed by atoms with Crippen LogP contribution >= 0.6 is 0 Å². The van der Waals surface area contributed by atoms with E-state index in [1.54, 1.807) is 7.11 Å². The van der Waals surface area contributed by atoms with Crippen molar-refractivity contribution in [1.29, 1.82) is 0 Å². The van der Waals surface area contributed by atoms with Gasteiger partial charge in [-0.2, -0.15) is 0 Å². The van der Waals surface area contributed by atoms with E-state index in [0.717, 1.165) is 18.9 Å². The van der Waals surface area contributed by atoms with Gasteiger partial charge in [0.25, 0.3) is 0 Å². The first kappa shape index (κ1) is 12.0. The third kappa shape index (κ3) is 4.40. The summed E-state index contributed by atoms with van der Waals surface area (Å²) < 4.78 is 4.93. The number of aliphatic hydroxyl groups is 1. The van der Waals surface area contributed by atoms with Crippen LogP contribution in [0.25, 0.3) is 0 Å². The highest BCUT2D eigenvalue weighted by Crippen LogP contribution is 2.33. The van der Waals surface area contributed by atoms with Gasteiger partial charge in [0.2, 0.25) is 0 Å². The molecule has 84 valence electrons. The van der Waals surface area contributed by atoms with E-state index in [-0.39, 0.29) is 0 Å². The third-order valence-electron chi connectivity index (χ3n) is 2.94. The molecule has 0 saturated heterocycles. The van der Waals surface area contributed by atoms with Crippen LogP contribution in [0.1, 0.15) is 32.6 Å². The SMILES string of the molecule is COCCNCC(C)(O)CC1CCC1. The van der Waals surface area contributed by atoms with Crippen molar-refractivity contribution in [2.24, 2.45) is 5.92 Å². The van der Waals surface area contributed by atoms with Crippen LogP contribution in [0, 0.1) is 5.92 Å². The Morgan fingerprint density at radius 2 is 2.21 bits per heavy atom. The van der Waals surface area contributed by atoms with E-state index in [2.05, 4.69) is 5.32 Å². The highest BCUT2D eigenvalue weighted by atomic mass is 16.5. The Hall–Kier alpha value is -0.120. The fourth-order valence-corrected chi connectivity index (χ4v) is 1.92. The molecule has 0 radical (unpaired) electrons. The van der Waals surface area contributed by atoms with Gasteiger partial charge in [0.1, 0.15) is 0 Å². The van der Waals surface area contributed by atoms with Gasteiger partial charge >= 0.3 is 0 Å². The van der Waals surface area contributed by atoms with Gasteiger partial charge in [-0.25, -0.2) is 0 Å². The minimum Gasteiger partial charge on any atom is -0.389 e. The van der Waals surface area contributed by atoms with E-state index in [9.17, 15) is 5.11 Å². The van der Waals surface area contributed by atoms with E-state index >= 15 is 0 Å². The highest BCUT2D eigenvalue weighted by molar-refractivity contribution is 4.82. The molecule has 1 atom stereocenters. The van der Waals surface area contributed by atoms with Gasteiger partial charge in [-0.3, -0.25) is 0 Å². The Balaban J connectivity index is 2.06. The maximum Gasteiger partial charge on any atom is 0.0746 e. The fourth-order valence-electron chi connectivity index (χ4n) is 1.92. The van der Waals surface area contributed by atoms with Gasteiger partial charge in [0.15, 0.2) is 0 Å². The zero-order chi connectivity index (χ0) is 10.4. The maximum atomic E-state index is 10.0. The lowest BCUT2D eigenvalue weighted by molar-refractivity contribution is 0.0195. The smallest absolute Gasteiger partial charge is 0.0746 e. The first-order valence-corrected chi connectivity index (χ1v) is 5.56. The van der Waals surface area contributed by atoms with Crippen LogP contribution in [0.3, 0.4) is 0 Å². The summed E-state index contributed by atoms with van der Waals surface area (Å²) in [5.74, 6) is 0.759. The van der Waals surface area contributed by atoms with Gasteiger partial charge in [-0.15, -0.1) is 0 Å². The number of hydrogen-bond acceptors (Lipinski definition) is 3. The van der Waals surface area contributed by atoms with E-state index in [0.29, 0.717) is 13.2 Å². The molecule has 0 spiro atoms. The van der Waals surface area contributed by atoms with Crippen LogP contribution in [-0.2, 0) is 4.74 Å². The summed E-state index contributed by atoms with van der Waals surface area (Å²) in [6.45, 7) is 4.12. The van der Waals surface area contributed by atoms with Crippen molar-refractivity contribution in [3.8, 4) is 0 Å². The molecule has 14 heavy (non-hydrogen) atoms. The molecule has 1 fully saturated rings. The predicted molar refractivity (Wildman–Crippen MR) is 57.3 cm³/mol. The maximum absolute atomic E-state index is 10.0. The van der Waals surface area contributed by atoms with Crippen molar-refractivity contribution in [3.63, 3.8) is 0 Å². The average Bonchev–Trinajstić information content (AvgIpc) is 2.06. The summed E-state index contributed by atoms with van der Waals surface area (Å²) in [6.07, 6.45) is 4.88. The Kier molecular flexibility index (Phi) is 4.85. The molecule has 0 aromatic rings. The van der Waals surface area contributed by atoms with Crippen LogP contribution in [0.5, 0.6) is 0 Å². The average molecular weight is 201 g/mol. The third-order valence-corrected chi connectivity index (χ3v) is 2.94. The van der Waals surface area contributed by atoms with Gasteiger partial charge < -0.3 is 15.2 Å². The Bertz CT molecular complexity index is 155. The second-order valence-electron chi connectivity index (χ2n) is 4.67. The number of hydrogen-bond donors (Lipinski definition) is 2. The molecule has 3 heteroatoms. The van der Waals surface area contributed by atoms with E-state index < -0.39 is 5.60 Å².